The summed E-state index contributed by atoms with van der Waals surface area (Å²) in [5.74, 6) is 0. The van der Waals surface area contributed by atoms with Gasteiger partial charge in [-0.15, -0.1) is 0 Å². The fourth-order valence-electron chi connectivity index (χ4n) is 1.80. The van der Waals surface area contributed by atoms with E-state index in [4.69, 9.17) is 35.5 Å². The monoisotopic (exact) mass is 449 g/mol. The second kappa shape index (κ2) is 12.8. The third kappa shape index (κ3) is 11.3. The number of hydrogen-bond donors (Lipinski definition) is 3. The van der Waals surface area contributed by atoms with E-state index in [0.717, 1.165) is 0 Å². The van der Waals surface area contributed by atoms with Crippen molar-refractivity contribution in [1.82, 2.24) is 0 Å². The minimum Gasteiger partial charge on any atom is -0.397 e. The smallest absolute Gasteiger partial charge is 0.397 e. The molecule has 0 aliphatic carbocycles. The highest BCUT2D eigenvalue weighted by atomic mass is 28.5. The zero-order chi connectivity index (χ0) is 20.3. The Morgan fingerprint density at radius 1 is 0.885 bits per heavy atom. The van der Waals surface area contributed by atoms with Gasteiger partial charge in [-0.3, -0.25) is 0 Å². The summed E-state index contributed by atoms with van der Waals surface area (Å²) in [5.41, 5.74) is 0. The molecule has 1 radical (unpaired) electrons. The molecule has 0 amide bonds. The molecule has 0 aromatic rings. The first-order valence-electron chi connectivity index (χ1n) is 8.26. The van der Waals surface area contributed by atoms with E-state index < -0.39 is 35.7 Å². The lowest BCUT2D eigenvalue weighted by molar-refractivity contribution is 0.0952. The van der Waals surface area contributed by atoms with Gasteiger partial charge >= 0.3 is 35.7 Å². The van der Waals surface area contributed by atoms with Crippen molar-refractivity contribution in [2.45, 2.75) is 38.5 Å². The van der Waals surface area contributed by atoms with E-state index in [1.807, 2.05) is 0 Å². The van der Waals surface area contributed by atoms with E-state index >= 15 is 0 Å². The summed E-state index contributed by atoms with van der Waals surface area (Å²) in [4.78, 5) is 20.7. The van der Waals surface area contributed by atoms with Crippen LogP contribution in [-0.2, 0) is 30.4 Å². The summed E-state index contributed by atoms with van der Waals surface area (Å²) in [6.45, 7) is 5.52. The van der Waals surface area contributed by atoms with Crippen LogP contribution in [0.25, 0.3) is 0 Å². The third-order valence-corrected chi connectivity index (χ3v) is 14.2. The van der Waals surface area contributed by atoms with Crippen LogP contribution in [0.15, 0.2) is 0 Å². The number of aliphatic hydroxyl groups is 1. The SMILES string of the molecule is CO[Si](C)O[Si](CCCOCCCO)(O[Si](C)(O)OC)O[Si](C)(O)OC. The van der Waals surface area contributed by atoms with Crippen LogP contribution in [0, 0.1) is 0 Å². The van der Waals surface area contributed by atoms with Gasteiger partial charge in [-0.25, -0.2) is 0 Å². The standard InChI is InChI=1S/C12H33O10Si4/c1-16-23(4)20-26(21-24(5,14)17-2,22-25(6,15)18-3)12-8-11-19-10-7-9-13/h13-15H,7-12H2,1-6H3. The summed E-state index contributed by atoms with van der Waals surface area (Å²) in [6, 6.07) is 0.274. The molecular formula is C12H33O10Si4. The fourth-order valence-corrected chi connectivity index (χ4v) is 12.6. The lowest BCUT2D eigenvalue weighted by Crippen LogP contribution is -2.62. The molecule has 0 fully saturated rings. The Morgan fingerprint density at radius 2 is 1.38 bits per heavy atom. The van der Waals surface area contributed by atoms with E-state index in [-0.39, 0.29) is 12.7 Å². The second-order valence-corrected chi connectivity index (χ2v) is 15.8. The number of rotatable bonds is 16. The molecule has 0 saturated carbocycles. The van der Waals surface area contributed by atoms with E-state index in [0.29, 0.717) is 26.1 Å². The van der Waals surface area contributed by atoms with Gasteiger partial charge in [-0.2, -0.15) is 0 Å². The topological polar surface area (TPSA) is 125 Å². The van der Waals surface area contributed by atoms with Gasteiger partial charge in [0.15, 0.2) is 0 Å². The molecule has 0 aliphatic heterocycles. The predicted molar refractivity (Wildman–Crippen MR) is 101 cm³/mol. The maximum absolute atomic E-state index is 10.4. The van der Waals surface area contributed by atoms with E-state index in [1.165, 1.54) is 34.4 Å². The summed E-state index contributed by atoms with van der Waals surface area (Å²) in [6.07, 6.45) is 1.05. The van der Waals surface area contributed by atoms with E-state index in [2.05, 4.69) is 0 Å². The Morgan fingerprint density at radius 3 is 1.81 bits per heavy atom. The maximum Gasteiger partial charge on any atom is 0.487 e. The Kier molecular flexibility index (Phi) is 13.1. The summed E-state index contributed by atoms with van der Waals surface area (Å²) in [7, 11) is -8.23. The Hall–Kier alpha value is 0.468. The maximum atomic E-state index is 10.4. The van der Waals surface area contributed by atoms with Gasteiger partial charge in [0.1, 0.15) is 0 Å². The number of aliphatic hydroxyl groups excluding tert-OH is 1. The molecular weight excluding hydrogens is 416 g/mol. The van der Waals surface area contributed by atoms with Crippen LogP contribution in [0.2, 0.25) is 25.7 Å². The molecule has 14 heteroatoms. The van der Waals surface area contributed by atoms with Gasteiger partial charge in [-0.1, -0.05) is 0 Å². The average molecular weight is 450 g/mol. The van der Waals surface area contributed by atoms with Gasteiger partial charge in [0.2, 0.25) is 0 Å². The van der Waals surface area contributed by atoms with E-state index in [1.54, 1.807) is 6.55 Å². The Labute approximate surface area is 160 Å². The molecule has 0 spiro atoms. The van der Waals surface area contributed by atoms with Crippen molar-refractivity contribution < 1.29 is 45.1 Å². The zero-order valence-electron chi connectivity index (χ0n) is 16.4. The van der Waals surface area contributed by atoms with Crippen molar-refractivity contribution in [3.8, 4) is 0 Å². The molecule has 0 heterocycles. The highest BCUT2D eigenvalue weighted by molar-refractivity contribution is 6.82. The molecule has 2 atom stereocenters. The molecule has 0 aromatic carbocycles. The Balaban J connectivity index is 5.28. The highest BCUT2D eigenvalue weighted by Crippen LogP contribution is 2.26. The molecule has 157 valence electrons. The van der Waals surface area contributed by atoms with Crippen molar-refractivity contribution in [3.63, 3.8) is 0 Å². The molecule has 2 unspecified atom stereocenters. The van der Waals surface area contributed by atoms with Crippen LogP contribution in [0.4, 0.5) is 0 Å². The van der Waals surface area contributed by atoms with Crippen molar-refractivity contribution in [2.24, 2.45) is 0 Å². The molecule has 0 saturated heterocycles. The first-order chi connectivity index (χ1) is 12.1. The summed E-state index contributed by atoms with van der Waals surface area (Å²) < 4.78 is 38.4. The summed E-state index contributed by atoms with van der Waals surface area (Å²) in [5, 5.41) is 8.77. The molecule has 0 aromatic heterocycles. The fraction of sp³-hybridized carbons (Fsp3) is 1.00. The molecule has 0 aliphatic rings. The van der Waals surface area contributed by atoms with Gasteiger partial charge in [0.25, 0.3) is 0 Å². The van der Waals surface area contributed by atoms with Crippen LogP contribution in [0.1, 0.15) is 12.8 Å². The van der Waals surface area contributed by atoms with Crippen LogP contribution < -0.4 is 0 Å². The summed E-state index contributed by atoms with van der Waals surface area (Å²) >= 11 is 0. The molecule has 0 rings (SSSR count). The first-order valence-corrected chi connectivity index (χ1v) is 16.5. The van der Waals surface area contributed by atoms with Gasteiger partial charge in [0.05, 0.1) is 0 Å². The molecule has 10 nitrogen and oxygen atoms in total. The van der Waals surface area contributed by atoms with Gasteiger partial charge in [-0.05, 0) is 19.4 Å². The van der Waals surface area contributed by atoms with Crippen molar-refractivity contribution in [3.05, 3.63) is 0 Å². The highest BCUT2D eigenvalue weighted by Gasteiger charge is 2.54. The average Bonchev–Trinajstić information content (AvgIpc) is 2.57. The molecule has 0 bridgehead atoms. The van der Waals surface area contributed by atoms with Crippen molar-refractivity contribution in [2.75, 3.05) is 41.2 Å². The predicted octanol–water partition coefficient (Wildman–Crippen LogP) is -0.0566. The van der Waals surface area contributed by atoms with Crippen LogP contribution >= 0.6 is 0 Å². The first kappa shape index (κ1) is 26.5. The number of ether oxygens (including phenoxy) is 1. The quantitative estimate of drug-likeness (QED) is 0.218. The van der Waals surface area contributed by atoms with Crippen LogP contribution in [0.3, 0.4) is 0 Å². The normalized spacial score (nSPS) is 19.2. The minimum absolute atomic E-state index is 0.0636. The third-order valence-electron chi connectivity index (χ3n) is 3.25. The largest absolute Gasteiger partial charge is 0.487 e. The zero-order valence-corrected chi connectivity index (χ0v) is 20.4. The number of hydrogen-bond acceptors (Lipinski definition) is 10. The van der Waals surface area contributed by atoms with Crippen molar-refractivity contribution in [1.29, 1.82) is 0 Å². The Bertz CT molecular complexity index is 356. The van der Waals surface area contributed by atoms with Crippen LogP contribution in [-0.4, -0.2) is 91.5 Å². The minimum atomic E-state index is -3.60. The lowest BCUT2D eigenvalue weighted by Gasteiger charge is -2.38. The van der Waals surface area contributed by atoms with Crippen molar-refractivity contribution >= 4 is 35.7 Å². The second-order valence-electron chi connectivity index (χ2n) is 5.68. The van der Waals surface area contributed by atoms with Gasteiger partial charge < -0.3 is 45.1 Å². The van der Waals surface area contributed by atoms with E-state index in [9.17, 15) is 9.59 Å². The molecule has 3 N–H and O–H groups in total. The van der Waals surface area contributed by atoms with Crippen LogP contribution in [0.5, 0.6) is 0 Å². The van der Waals surface area contributed by atoms with Gasteiger partial charge in [0, 0.05) is 60.3 Å². The molecule has 26 heavy (non-hydrogen) atoms. The lowest BCUT2D eigenvalue weighted by atomic mass is 10.5.